The number of carboxylic acids is 1. The fourth-order valence-electron chi connectivity index (χ4n) is 4.57. The highest BCUT2D eigenvalue weighted by molar-refractivity contribution is 7.17. The first-order valence-corrected chi connectivity index (χ1v) is 11.3. The van der Waals surface area contributed by atoms with Gasteiger partial charge < -0.3 is 5.11 Å². The quantitative estimate of drug-likeness (QED) is 0.556. The van der Waals surface area contributed by atoms with Crippen LogP contribution in [-0.2, 0) is 0 Å². The number of anilines is 1. The van der Waals surface area contributed by atoms with Crippen molar-refractivity contribution in [3.8, 4) is 0 Å². The molecule has 2 heterocycles. The third kappa shape index (κ3) is 3.68. The zero-order valence-corrected chi connectivity index (χ0v) is 18.0. The number of allylic oxidation sites excluding steroid dienone is 1. The maximum atomic E-state index is 11.6. The molecular formula is C25H23N3O2S. The third-order valence-corrected chi connectivity index (χ3v) is 7.09. The highest BCUT2D eigenvalue weighted by atomic mass is 32.1. The van der Waals surface area contributed by atoms with Crippen molar-refractivity contribution in [2.75, 3.05) is 5.01 Å². The molecule has 1 saturated carbocycles. The van der Waals surface area contributed by atoms with Gasteiger partial charge in [0.15, 0.2) is 0 Å². The van der Waals surface area contributed by atoms with Crippen molar-refractivity contribution in [1.82, 2.24) is 4.98 Å². The van der Waals surface area contributed by atoms with Crippen LogP contribution in [0.1, 0.15) is 51.8 Å². The lowest BCUT2D eigenvalue weighted by Gasteiger charge is -2.29. The second-order valence-corrected chi connectivity index (χ2v) is 8.96. The molecule has 156 valence electrons. The molecule has 1 N–H and O–H groups in total. The summed E-state index contributed by atoms with van der Waals surface area (Å²) in [6.45, 7) is 1.75. The van der Waals surface area contributed by atoms with Gasteiger partial charge in [-0.3, -0.25) is 0 Å². The van der Waals surface area contributed by atoms with E-state index in [-0.39, 0.29) is 16.8 Å². The summed E-state index contributed by atoms with van der Waals surface area (Å²) in [5, 5.41) is 17.2. The van der Waals surface area contributed by atoms with Gasteiger partial charge >= 0.3 is 5.97 Å². The first-order chi connectivity index (χ1) is 15.1. The number of carbonyl (C=O) groups is 1. The summed E-state index contributed by atoms with van der Waals surface area (Å²) < 4.78 is 0. The Bertz CT molecular complexity index is 1170. The fourth-order valence-corrected chi connectivity index (χ4v) is 5.46. The Morgan fingerprint density at radius 1 is 1.13 bits per heavy atom. The molecule has 0 radical (unpaired) electrons. The molecule has 2 aliphatic rings. The second kappa shape index (κ2) is 8.12. The number of hydrogen-bond acceptors (Lipinski definition) is 5. The number of carboxylic acid groups (broad SMARTS) is 1. The number of aromatic nitrogens is 1. The Morgan fingerprint density at radius 2 is 1.84 bits per heavy atom. The van der Waals surface area contributed by atoms with Gasteiger partial charge in [0.25, 0.3) is 0 Å². The van der Waals surface area contributed by atoms with Crippen LogP contribution in [0.4, 0.5) is 5.13 Å². The summed E-state index contributed by atoms with van der Waals surface area (Å²) >= 11 is 1.20. The third-order valence-electron chi connectivity index (χ3n) is 5.96. The number of hydrogen-bond donors (Lipinski definition) is 1. The highest BCUT2D eigenvalue weighted by Crippen LogP contribution is 2.47. The van der Waals surface area contributed by atoms with E-state index in [0.717, 1.165) is 25.0 Å². The van der Waals surface area contributed by atoms with E-state index < -0.39 is 5.97 Å². The minimum absolute atomic E-state index is 0.0165. The van der Waals surface area contributed by atoms with E-state index in [4.69, 9.17) is 5.10 Å². The lowest BCUT2D eigenvalue weighted by atomic mass is 9.77. The Hall–Kier alpha value is -3.25. The minimum atomic E-state index is -0.938. The zero-order chi connectivity index (χ0) is 21.4. The zero-order valence-electron chi connectivity index (χ0n) is 17.2. The average molecular weight is 430 g/mol. The standard InChI is InChI=1S/C25H23N3O2S/c1-16-23(24(29)30)31-25(26-16)28-22(18-11-6-3-7-12-18)20-14-8-13-19(21(20)27-28)15-17-9-4-2-5-10-17/h2-7,9-12,15,20,22H,8,13-14H2,1H3,(H,29,30)/b19-15-/t20-,22-/m1/s1. The largest absolute Gasteiger partial charge is 0.477 e. The number of aromatic carboxylic acids is 1. The van der Waals surface area contributed by atoms with Crippen LogP contribution in [0.2, 0.25) is 0 Å². The highest BCUT2D eigenvalue weighted by Gasteiger charge is 2.43. The Morgan fingerprint density at radius 3 is 2.52 bits per heavy atom. The topological polar surface area (TPSA) is 65.8 Å². The molecule has 5 rings (SSSR count). The molecule has 1 aliphatic carbocycles. The Kier molecular flexibility index (Phi) is 5.16. The lowest BCUT2D eigenvalue weighted by Crippen LogP contribution is -2.28. The number of fused-ring (bicyclic) bond motifs is 1. The van der Waals surface area contributed by atoms with Gasteiger partial charge in [-0.2, -0.15) is 5.10 Å². The summed E-state index contributed by atoms with van der Waals surface area (Å²) in [7, 11) is 0. The average Bonchev–Trinajstić information content (AvgIpc) is 3.36. The van der Waals surface area contributed by atoms with E-state index in [0.29, 0.717) is 10.8 Å². The van der Waals surface area contributed by atoms with Gasteiger partial charge in [-0.05, 0) is 49.0 Å². The monoisotopic (exact) mass is 429 g/mol. The normalized spacial score (nSPS) is 21.8. The summed E-state index contributed by atoms with van der Waals surface area (Å²) in [5.41, 5.74) is 5.26. The van der Waals surface area contributed by atoms with Gasteiger partial charge in [0.2, 0.25) is 5.13 Å². The molecule has 1 aromatic heterocycles. The lowest BCUT2D eigenvalue weighted by molar-refractivity contribution is 0.0701. The van der Waals surface area contributed by atoms with E-state index in [1.165, 1.54) is 28.0 Å². The van der Waals surface area contributed by atoms with E-state index in [1.54, 1.807) is 6.92 Å². The Balaban J connectivity index is 1.61. The first-order valence-electron chi connectivity index (χ1n) is 10.5. The number of hydrazone groups is 1. The number of nitrogens with zero attached hydrogens (tertiary/aromatic N) is 3. The molecule has 1 fully saturated rings. The van der Waals surface area contributed by atoms with Crippen molar-refractivity contribution < 1.29 is 9.90 Å². The van der Waals surface area contributed by atoms with Crippen LogP contribution in [0.3, 0.4) is 0 Å². The summed E-state index contributed by atoms with van der Waals surface area (Å²) in [4.78, 5) is 16.5. The number of benzene rings is 2. The van der Waals surface area contributed by atoms with E-state index in [9.17, 15) is 9.90 Å². The van der Waals surface area contributed by atoms with Crippen molar-refractivity contribution in [3.63, 3.8) is 0 Å². The molecule has 6 heteroatoms. The van der Waals surface area contributed by atoms with E-state index >= 15 is 0 Å². The van der Waals surface area contributed by atoms with Crippen molar-refractivity contribution in [2.45, 2.75) is 32.2 Å². The van der Waals surface area contributed by atoms with Gasteiger partial charge in [0.1, 0.15) is 4.88 Å². The molecule has 0 bridgehead atoms. The maximum Gasteiger partial charge on any atom is 0.347 e. The molecule has 5 nitrogen and oxygen atoms in total. The SMILES string of the molecule is Cc1nc(N2N=C3/C(=C\c4ccccc4)CCC[C@H]3[C@H]2c2ccccc2)sc1C(=O)O. The molecular weight excluding hydrogens is 406 g/mol. The molecule has 2 atom stereocenters. The predicted octanol–water partition coefficient (Wildman–Crippen LogP) is 5.95. The molecule has 0 amide bonds. The van der Waals surface area contributed by atoms with Crippen molar-refractivity contribution in [3.05, 3.63) is 87.9 Å². The summed E-state index contributed by atoms with van der Waals surface area (Å²) in [6, 6.07) is 20.7. The van der Waals surface area contributed by atoms with Crippen molar-refractivity contribution in [1.29, 1.82) is 0 Å². The Labute approximate surface area is 185 Å². The minimum Gasteiger partial charge on any atom is -0.477 e. The van der Waals surface area contributed by atoms with Gasteiger partial charge in [-0.15, -0.1) is 0 Å². The van der Waals surface area contributed by atoms with Crippen LogP contribution in [0.15, 0.2) is 71.3 Å². The number of aryl methyl sites for hydroxylation is 1. The first kappa shape index (κ1) is 19.7. The second-order valence-electron chi connectivity index (χ2n) is 7.98. The smallest absolute Gasteiger partial charge is 0.347 e. The van der Waals surface area contributed by atoms with E-state index in [1.807, 2.05) is 41.4 Å². The molecule has 0 spiro atoms. The van der Waals surface area contributed by atoms with Gasteiger partial charge in [0, 0.05) is 5.92 Å². The van der Waals surface area contributed by atoms with E-state index in [2.05, 4.69) is 35.3 Å². The molecule has 1 aliphatic heterocycles. The summed E-state index contributed by atoms with van der Waals surface area (Å²) in [5.74, 6) is -0.685. The van der Waals surface area contributed by atoms with Gasteiger partial charge in [-0.1, -0.05) is 72.0 Å². The molecule has 2 aromatic carbocycles. The van der Waals surface area contributed by atoms with Crippen molar-refractivity contribution >= 4 is 34.2 Å². The summed E-state index contributed by atoms with van der Waals surface area (Å²) in [6.07, 6.45) is 5.40. The van der Waals surface area contributed by atoms with Gasteiger partial charge in [-0.25, -0.2) is 14.8 Å². The van der Waals surface area contributed by atoms with Crippen LogP contribution in [-0.4, -0.2) is 21.8 Å². The molecule has 0 saturated heterocycles. The van der Waals surface area contributed by atoms with Crippen molar-refractivity contribution in [2.24, 2.45) is 11.0 Å². The molecule has 0 unspecified atom stereocenters. The van der Waals surface area contributed by atoms with Crippen LogP contribution >= 0.6 is 11.3 Å². The number of rotatable bonds is 4. The maximum absolute atomic E-state index is 11.6. The molecule has 31 heavy (non-hydrogen) atoms. The van der Waals surface area contributed by atoms with Crippen LogP contribution in [0.25, 0.3) is 6.08 Å². The number of thiazole rings is 1. The van der Waals surface area contributed by atoms with Crippen LogP contribution in [0, 0.1) is 12.8 Å². The van der Waals surface area contributed by atoms with Gasteiger partial charge in [0.05, 0.1) is 17.4 Å². The van der Waals surface area contributed by atoms with Crippen LogP contribution < -0.4 is 5.01 Å². The van der Waals surface area contributed by atoms with Crippen LogP contribution in [0.5, 0.6) is 0 Å². The predicted molar refractivity (Wildman–Crippen MR) is 125 cm³/mol. The fraction of sp³-hybridized carbons (Fsp3) is 0.240. The molecule has 3 aromatic rings.